The van der Waals surface area contributed by atoms with Gasteiger partial charge in [0.25, 0.3) is 11.8 Å². The Morgan fingerprint density at radius 1 is 1.28 bits per heavy atom. The van der Waals surface area contributed by atoms with Crippen LogP contribution in [0.3, 0.4) is 0 Å². The molecule has 1 fully saturated rings. The number of aromatic nitrogens is 3. The largest absolute Gasteiger partial charge is 0.399 e. The Bertz CT molecular complexity index is 1140. The minimum atomic E-state index is -0.317. The van der Waals surface area contributed by atoms with Crippen LogP contribution < -0.4 is 11.1 Å². The van der Waals surface area contributed by atoms with E-state index in [1.807, 2.05) is 9.47 Å². The summed E-state index contributed by atoms with van der Waals surface area (Å²) in [5.41, 5.74) is 8.42. The molecule has 9 heteroatoms. The van der Waals surface area contributed by atoms with Gasteiger partial charge in [-0.25, -0.2) is 9.97 Å². The SMILES string of the molecule is COCCCn1c(NC(=O)c2cccc(N)c2)nc2cc(C(=O)N3CCC[C@@H]3C)cnc21. The minimum Gasteiger partial charge on any atom is -0.399 e. The van der Waals surface area contributed by atoms with E-state index in [1.54, 1.807) is 43.6 Å². The number of aryl methyl sites for hydroxylation is 1. The van der Waals surface area contributed by atoms with Gasteiger partial charge in [0.1, 0.15) is 5.52 Å². The van der Waals surface area contributed by atoms with Crippen molar-refractivity contribution in [2.75, 3.05) is 31.3 Å². The van der Waals surface area contributed by atoms with Gasteiger partial charge in [0, 0.05) is 50.3 Å². The fourth-order valence-electron chi connectivity index (χ4n) is 4.06. The number of nitrogen functional groups attached to an aromatic ring is 1. The molecule has 1 atom stereocenters. The van der Waals surface area contributed by atoms with Gasteiger partial charge < -0.3 is 15.4 Å². The molecular weight excluding hydrogens is 408 g/mol. The molecule has 1 aromatic carbocycles. The van der Waals surface area contributed by atoms with Gasteiger partial charge in [-0.1, -0.05) is 6.07 Å². The number of hydrogen-bond donors (Lipinski definition) is 2. The Balaban J connectivity index is 1.66. The van der Waals surface area contributed by atoms with E-state index in [0.717, 1.165) is 25.8 Å². The first kappa shape index (κ1) is 21.8. The molecule has 2 aromatic heterocycles. The predicted octanol–water partition coefficient (Wildman–Crippen LogP) is 2.93. The standard InChI is InChI=1S/C23H28N6O3/c1-15-6-4-9-28(15)22(31)17-13-19-20(25-14-17)29(10-5-11-32-2)23(26-19)27-21(30)16-7-3-8-18(24)12-16/h3,7-8,12-15H,4-6,9-11,24H2,1-2H3,(H,26,27,30)/t15-/m0/s1. The molecule has 0 saturated carbocycles. The summed E-state index contributed by atoms with van der Waals surface area (Å²) in [6.07, 6.45) is 4.33. The van der Waals surface area contributed by atoms with Crippen molar-refractivity contribution >= 4 is 34.6 Å². The highest BCUT2D eigenvalue weighted by Gasteiger charge is 2.27. The zero-order chi connectivity index (χ0) is 22.7. The molecule has 3 heterocycles. The summed E-state index contributed by atoms with van der Waals surface area (Å²) in [6, 6.07) is 8.72. The number of fused-ring (bicyclic) bond motifs is 1. The quantitative estimate of drug-likeness (QED) is 0.435. The number of ether oxygens (including phenoxy) is 1. The number of carbonyl (C=O) groups is 2. The van der Waals surface area contributed by atoms with Crippen LogP contribution in [0.2, 0.25) is 0 Å². The van der Waals surface area contributed by atoms with Crippen LogP contribution in [0.1, 0.15) is 46.9 Å². The van der Waals surface area contributed by atoms with Gasteiger partial charge in [-0.15, -0.1) is 0 Å². The van der Waals surface area contributed by atoms with Crippen molar-refractivity contribution in [1.82, 2.24) is 19.4 Å². The zero-order valence-corrected chi connectivity index (χ0v) is 18.4. The molecule has 0 radical (unpaired) electrons. The number of amides is 2. The van der Waals surface area contributed by atoms with E-state index in [2.05, 4.69) is 22.2 Å². The Labute approximate surface area is 186 Å². The van der Waals surface area contributed by atoms with Gasteiger partial charge in [0.15, 0.2) is 5.65 Å². The van der Waals surface area contributed by atoms with E-state index < -0.39 is 0 Å². The Hall–Kier alpha value is -3.46. The van der Waals surface area contributed by atoms with E-state index in [1.165, 1.54) is 0 Å². The van der Waals surface area contributed by atoms with Gasteiger partial charge in [0.2, 0.25) is 5.95 Å². The third-order valence-electron chi connectivity index (χ3n) is 5.75. The number of carbonyl (C=O) groups excluding carboxylic acids is 2. The molecule has 3 aromatic rings. The number of rotatable bonds is 7. The molecule has 168 valence electrons. The Kier molecular flexibility index (Phi) is 6.36. The lowest BCUT2D eigenvalue weighted by Crippen LogP contribution is -2.33. The third kappa shape index (κ3) is 4.43. The van der Waals surface area contributed by atoms with Crippen molar-refractivity contribution in [2.24, 2.45) is 0 Å². The molecule has 3 N–H and O–H groups in total. The van der Waals surface area contributed by atoms with Crippen molar-refractivity contribution in [3.63, 3.8) is 0 Å². The van der Waals surface area contributed by atoms with Crippen LogP contribution >= 0.6 is 0 Å². The molecule has 9 nitrogen and oxygen atoms in total. The summed E-state index contributed by atoms with van der Waals surface area (Å²) < 4.78 is 7.01. The molecule has 0 spiro atoms. The molecule has 1 saturated heterocycles. The number of anilines is 2. The maximum absolute atomic E-state index is 13.0. The molecule has 1 aliphatic rings. The van der Waals surface area contributed by atoms with E-state index in [4.69, 9.17) is 10.5 Å². The van der Waals surface area contributed by atoms with Crippen LogP contribution in [0.15, 0.2) is 36.5 Å². The number of imidazole rings is 1. The number of methoxy groups -OCH3 is 1. The zero-order valence-electron chi connectivity index (χ0n) is 18.4. The lowest BCUT2D eigenvalue weighted by Gasteiger charge is -2.21. The van der Waals surface area contributed by atoms with Gasteiger partial charge in [-0.2, -0.15) is 0 Å². The molecule has 0 bridgehead atoms. The lowest BCUT2D eigenvalue weighted by molar-refractivity contribution is 0.0747. The average molecular weight is 437 g/mol. The first-order chi connectivity index (χ1) is 15.5. The predicted molar refractivity (Wildman–Crippen MR) is 123 cm³/mol. The fourth-order valence-corrected chi connectivity index (χ4v) is 4.06. The summed E-state index contributed by atoms with van der Waals surface area (Å²) in [7, 11) is 1.64. The second-order valence-corrected chi connectivity index (χ2v) is 8.07. The number of likely N-dealkylation sites (tertiary alicyclic amines) is 1. The van der Waals surface area contributed by atoms with Crippen molar-refractivity contribution in [3.8, 4) is 0 Å². The van der Waals surface area contributed by atoms with Crippen molar-refractivity contribution in [2.45, 2.75) is 38.8 Å². The highest BCUT2D eigenvalue weighted by Crippen LogP contribution is 2.24. The van der Waals surface area contributed by atoms with Gasteiger partial charge in [0.05, 0.1) is 5.56 Å². The molecule has 32 heavy (non-hydrogen) atoms. The molecule has 2 amide bonds. The van der Waals surface area contributed by atoms with Crippen LogP contribution in [0.25, 0.3) is 11.2 Å². The molecule has 0 unspecified atom stereocenters. The first-order valence-electron chi connectivity index (χ1n) is 10.8. The molecule has 1 aliphatic heterocycles. The lowest BCUT2D eigenvalue weighted by atomic mass is 10.2. The first-order valence-corrected chi connectivity index (χ1v) is 10.8. The number of hydrogen-bond acceptors (Lipinski definition) is 6. The minimum absolute atomic E-state index is 0.0383. The van der Waals surface area contributed by atoms with Crippen molar-refractivity contribution in [1.29, 1.82) is 0 Å². The van der Waals surface area contributed by atoms with E-state index in [0.29, 0.717) is 47.1 Å². The van der Waals surface area contributed by atoms with Crippen molar-refractivity contribution in [3.05, 3.63) is 47.7 Å². The number of nitrogens with zero attached hydrogens (tertiary/aromatic N) is 4. The smallest absolute Gasteiger partial charge is 0.258 e. The number of benzene rings is 1. The van der Waals surface area contributed by atoms with Crippen LogP contribution in [0, 0.1) is 0 Å². The summed E-state index contributed by atoms with van der Waals surface area (Å²) in [4.78, 5) is 36.7. The summed E-state index contributed by atoms with van der Waals surface area (Å²) in [6.45, 7) is 3.93. The molecule has 0 aliphatic carbocycles. The second-order valence-electron chi connectivity index (χ2n) is 8.07. The van der Waals surface area contributed by atoms with Gasteiger partial charge in [-0.05, 0) is 50.5 Å². The Morgan fingerprint density at radius 3 is 2.84 bits per heavy atom. The summed E-state index contributed by atoms with van der Waals surface area (Å²) in [5.74, 6) is 0.0154. The maximum Gasteiger partial charge on any atom is 0.258 e. The second kappa shape index (κ2) is 9.35. The van der Waals surface area contributed by atoms with E-state index in [9.17, 15) is 9.59 Å². The third-order valence-corrected chi connectivity index (χ3v) is 5.75. The normalized spacial score (nSPS) is 15.9. The van der Waals surface area contributed by atoms with Gasteiger partial charge >= 0.3 is 0 Å². The summed E-state index contributed by atoms with van der Waals surface area (Å²) in [5, 5.41) is 2.86. The fraction of sp³-hybridized carbons (Fsp3) is 0.391. The average Bonchev–Trinajstić information content (AvgIpc) is 3.36. The highest BCUT2D eigenvalue weighted by atomic mass is 16.5. The highest BCUT2D eigenvalue weighted by molar-refractivity contribution is 6.04. The van der Waals surface area contributed by atoms with Gasteiger partial charge in [-0.3, -0.25) is 19.5 Å². The Morgan fingerprint density at radius 2 is 2.12 bits per heavy atom. The summed E-state index contributed by atoms with van der Waals surface area (Å²) >= 11 is 0. The number of nitrogens with two attached hydrogens (primary N) is 1. The van der Waals surface area contributed by atoms with E-state index in [-0.39, 0.29) is 17.9 Å². The maximum atomic E-state index is 13.0. The van der Waals surface area contributed by atoms with Crippen LogP contribution in [0.5, 0.6) is 0 Å². The van der Waals surface area contributed by atoms with E-state index >= 15 is 0 Å². The molecular formula is C23H28N6O3. The van der Waals surface area contributed by atoms with Crippen LogP contribution in [-0.2, 0) is 11.3 Å². The number of pyridine rings is 1. The monoisotopic (exact) mass is 436 g/mol. The topological polar surface area (TPSA) is 115 Å². The number of nitrogens with one attached hydrogen (secondary N) is 1. The van der Waals surface area contributed by atoms with Crippen LogP contribution in [0.4, 0.5) is 11.6 Å². The molecule has 4 rings (SSSR count). The van der Waals surface area contributed by atoms with Crippen LogP contribution in [-0.4, -0.2) is 57.6 Å². The van der Waals surface area contributed by atoms with Crippen molar-refractivity contribution < 1.29 is 14.3 Å².